The summed E-state index contributed by atoms with van der Waals surface area (Å²) in [6, 6.07) is 6.41. The number of carboxylic acids is 1. The number of Topliss-reactive ketones (excluding diaryl/α,β-unsaturated/α-hetero) is 1. The fourth-order valence-corrected chi connectivity index (χ4v) is 8.50. The second-order valence-corrected chi connectivity index (χ2v) is 12.4. The normalized spacial score (nSPS) is 34.9. The van der Waals surface area contributed by atoms with Gasteiger partial charge in [0.25, 0.3) is 5.91 Å². The zero-order chi connectivity index (χ0) is 27.1. The fourth-order valence-electron chi connectivity index (χ4n) is 8.50. The zero-order valence-corrected chi connectivity index (χ0v) is 22.8. The number of nitrogens with zero attached hydrogens (tertiary/aromatic N) is 1. The molecule has 0 heterocycles. The molecule has 0 aliphatic heterocycles. The number of benzene rings is 1. The van der Waals surface area contributed by atoms with Crippen LogP contribution in [0.15, 0.2) is 41.1 Å². The van der Waals surface area contributed by atoms with Gasteiger partial charge >= 0.3 is 5.97 Å². The number of allylic oxidation sites excluding steroid dienone is 2. The molecule has 2 N–H and O–H groups in total. The molecule has 204 valence electrons. The first kappa shape index (κ1) is 26.6. The van der Waals surface area contributed by atoms with Gasteiger partial charge in [-0.3, -0.25) is 9.59 Å². The number of amides is 1. The summed E-state index contributed by atoms with van der Waals surface area (Å²) in [5.41, 5.74) is 3.79. The first-order valence-electron chi connectivity index (χ1n) is 14.1. The van der Waals surface area contributed by atoms with Crippen LogP contribution < -0.4 is 5.32 Å². The van der Waals surface area contributed by atoms with E-state index in [1.807, 2.05) is 0 Å². The summed E-state index contributed by atoms with van der Waals surface area (Å²) in [6.45, 7) is 6.79. The third-order valence-electron chi connectivity index (χ3n) is 10.5. The highest BCUT2D eigenvalue weighted by Crippen LogP contribution is 2.66. The van der Waals surface area contributed by atoms with Gasteiger partial charge in [-0.25, -0.2) is 4.79 Å². The van der Waals surface area contributed by atoms with Crippen molar-refractivity contribution in [3.63, 3.8) is 0 Å². The maximum absolute atomic E-state index is 12.4. The number of carbonyl (C=O) groups excluding carboxylic acids is 2. The molecule has 38 heavy (non-hydrogen) atoms. The Balaban J connectivity index is 1.16. The van der Waals surface area contributed by atoms with E-state index in [2.05, 4.69) is 30.4 Å². The van der Waals surface area contributed by atoms with Crippen LogP contribution in [0.5, 0.6) is 0 Å². The Labute approximate surface area is 225 Å². The molecule has 0 spiro atoms. The molecular formula is C31H40N2O5. The van der Waals surface area contributed by atoms with Crippen LogP contribution in [-0.4, -0.2) is 35.1 Å². The second-order valence-electron chi connectivity index (χ2n) is 12.4. The molecule has 7 heteroatoms. The van der Waals surface area contributed by atoms with Crippen molar-refractivity contribution >= 4 is 23.4 Å². The minimum atomic E-state index is -0.975. The minimum absolute atomic E-state index is 0.153. The van der Waals surface area contributed by atoms with E-state index in [-0.39, 0.29) is 34.8 Å². The summed E-state index contributed by atoms with van der Waals surface area (Å²) in [6.07, 6.45) is 11.0. The minimum Gasteiger partial charge on any atom is -0.478 e. The van der Waals surface area contributed by atoms with E-state index in [0.29, 0.717) is 30.1 Å². The number of aromatic carboxylic acids is 1. The molecule has 4 aliphatic rings. The predicted molar refractivity (Wildman–Crippen MR) is 145 cm³/mol. The highest BCUT2D eigenvalue weighted by molar-refractivity contribution is 5.96. The zero-order valence-electron chi connectivity index (χ0n) is 22.8. The van der Waals surface area contributed by atoms with Crippen molar-refractivity contribution in [2.45, 2.75) is 78.7 Å². The molecule has 4 aliphatic carbocycles. The molecule has 7 nitrogen and oxygen atoms in total. The fraction of sp³-hybridized carbons (Fsp3) is 0.613. The first-order valence-corrected chi connectivity index (χ1v) is 14.1. The largest absolute Gasteiger partial charge is 0.478 e. The van der Waals surface area contributed by atoms with E-state index in [4.69, 9.17) is 9.94 Å². The Morgan fingerprint density at radius 3 is 2.50 bits per heavy atom. The van der Waals surface area contributed by atoms with Crippen molar-refractivity contribution in [3.05, 3.63) is 47.0 Å². The molecule has 5 rings (SSSR count). The molecule has 3 saturated carbocycles. The molecular weight excluding hydrogens is 480 g/mol. The van der Waals surface area contributed by atoms with Gasteiger partial charge in [-0.1, -0.05) is 36.7 Å². The van der Waals surface area contributed by atoms with Gasteiger partial charge in [-0.15, -0.1) is 0 Å². The van der Waals surface area contributed by atoms with Gasteiger partial charge in [0.2, 0.25) is 0 Å². The van der Waals surface area contributed by atoms with Gasteiger partial charge in [-0.2, -0.15) is 0 Å². The third kappa shape index (κ3) is 4.80. The molecule has 0 saturated heterocycles. The third-order valence-corrected chi connectivity index (χ3v) is 10.5. The SMILES string of the molecule is CC(=O)[C@H]1CC[C@@H]2[C@H]3CCC4=CC(=NOCC(=O)NCc5ccc(C(=O)O)cc5)CC[C@]4(C)[C@H]3CC[C@]12C. The molecule has 0 radical (unpaired) electrons. The molecule has 3 fully saturated rings. The van der Waals surface area contributed by atoms with Crippen LogP contribution in [-0.2, 0) is 21.0 Å². The van der Waals surface area contributed by atoms with Gasteiger partial charge in [0, 0.05) is 12.5 Å². The van der Waals surface area contributed by atoms with Gasteiger partial charge in [0.05, 0.1) is 11.3 Å². The smallest absolute Gasteiger partial charge is 0.335 e. The van der Waals surface area contributed by atoms with Crippen LogP contribution in [0.2, 0.25) is 0 Å². The molecule has 0 unspecified atom stereocenters. The van der Waals surface area contributed by atoms with Gasteiger partial charge in [0.15, 0.2) is 6.61 Å². The van der Waals surface area contributed by atoms with Crippen molar-refractivity contribution < 1.29 is 24.3 Å². The molecule has 1 amide bonds. The van der Waals surface area contributed by atoms with Crippen molar-refractivity contribution in [1.29, 1.82) is 0 Å². The highest BCUT2D eigenvalue weighted by Gasteiger charge is 2.59. The van der Waals surface area contributed by atoms with Crippen LogP contribution in [0.4, 0.5) is 0 Å². The number of carboxylic acid groups (broad SMARTS) is 1. The van der Waals surface area contributed by atoms with E-state index in [9.17, 15) is 14.4 Å². The monoisotopic (exact) mass is 520 g/mol. The highest BCUT2D eigenvalue weighted by atomic mass is 16.6. The molecule has 1 aromatic rings. The van der Waals surface area contributed by atoms with Crippen LogP contribution >= 0.6 is 0 Å². The van der Waals surface area contributed by atoms with Crippen LogP contribution in [0, 0.1) is 34.5 Å². The van der Waals surface area contributed by atoms with Crippen molar-refractivity contribution in [2.75, 3.05) is 6.61 Å². The van der Waals surface area contributed by atoms with Crippen LogP contribution in [0.25, 0.3) is 0 Å². The summed E-state index contributed by atoms with van der Waals surface area (Å²) in [7, 11) is 0. The van der Waals surface area contributed by atoms with E-state index in [0.717, 1.165) is 43.4 Å². The Morgan fingerprint density at radius 2 is 1.79 bits per heavy atom. The number of hydrogen-bond donors (Lipinski definition) is 2. The average molecular weight is 521 g/mol. The van der Waals surface area contributed by atoms with E-state index >= 15 is 0 Å². The van der Waals surface area contributed by atoms with E-state index < -0.39 is 5.97 Å². The Hall–Kier alpha value is -2.96. The van der Waals surface area contributed by atoms with Gasteiger partial charge in [-0.05, 0) is 111 Å². The molecule has 1 aromatic carbocycles. The summed E-state index contributed by atoms with van der Waals surface area (Å²) in [5, 5.41) is 16.1. The molecule has 6 atom stereocenters. The Kier molecular flexibility index (Phi) is 7.23. The Bertz CT molecular complexity index is 1170. The molecule has 0 aromatic heterocycles. The van der Waals surface area contributed by atoms with E-state index in [1.165, 1.54) is 37.0 Å². The summed E-state index contributed by atoms with van der Waals surface area (Å²) in [5.74, 6) is 1.44. The number of carbonyl (C=O) groups is 3. The lowest BCUT2D eigenvalue weighted by Gasteiger charge is -2.58. The summed E-state index contributed by atoms with van der Waals surface area (Å²) < 4.78 is 0. The maximum atomic E-state index is 12.4. The van der Waals surface area contributed by atoms with Gasteiger partial charge < -0.3 is 15.3 Å². The van der Waals surface area contributed by atoms with Crippen molar-refractivity contribution in [2.24, 2.45) is 39.7 Å². The number of hydrogen-bond acceptors (Lipinski definition) is 5. The number of ketones is 1. The molecule has 0 bridgehead atoms. The summed E-state index contributed by atoms with van der Waals surface area (Å²) in [4.78, 5) is 41.0. The predicted octanol–water partition coefficient (Wildman–Crippen LogP) is 5.54. The topological polar surface area (TPSA) is 105 Å². The van der Waals surface area contributed by atoms with Gasteiger partial charge in [0.1, 0.15) is 5.78 Å². The lowest BCUT2D eigenvalue weighted by molar-refractivity contribution is -0.128. The number of fused-ring (bicyclic) bond motifs is 5. The van der Waals surface area contributed by atoms with E-state index in [1.54, 1.807) is 19.1 Å². The average Bonchev–Trinajstić information content (AvgIpc) is 3.25. The lowest BCUT2D eigenvalue weighted by atomic mass is 9.46. The summed E-state index contributed by atoms with van der Waals surface area (Å²) >= 11 is 0. The lowest BCUT2D eigenvalue weighted by Crippen LogP contribution is -2.51. The van der Waals surface area contributed by atoms with Crippen molar-refractivity contribution in [1.82, 2.24) is 5.32 Å². The second kappa shape index (κ2) is 10.3. The standard InChI is InChI=1S/C31H40N2O5/c1-19(34)25-10-11-26-24-9-8-22-16-23(12-14-30(22,2)27(24)13-15-31(25,26)3)33-38-18-28(35)32-17-20-4-6-21(7-5-20)29(36)37/h4-7,16,24-27H,8-15,17-18H2,1-3H3,(H,32,35)(H,36,37)/t24-,25-,26-,27+,30+,31-/m1/s1. The number of oxime groups is 1. The number of nitrogens with one attached hydrogen (secondary N) is 1. The maximum Gasteiger partial charge on any atom is 0.335 e. The van der Waals surface area contributed by atoms with Crippen molar-refractivity contribution in [3.8, 4) is 0 Å². The Morgan fingerprint density at radius 1 is 1.03 bits per heavy atom. The van der Waals surface area contributed by atoms with Crippen LogP contribution in [0.3, 0.4) is 0 Å². The number of rotatable bonds is 7. The van der Waals surface area contributed by atoms with Crippen LogP contribution in [0.1, 0.15) is 88.1 Å². The first-order chi connectivity index (χ1) is 18.1. The quantitative estimate of drug-likeness (QED) is 0.459.